The van der Waals surface area contributed by atoms with Gasteiger partial charge in [0.1, 0.15) is 11.8 Å². The molecule has 2 heterocycles. The standard InChI is InChI=1S/C19H25N3O2S.ClH/c1-12-4-5-13(2)15(8-12)17-9-22(14(3)10-24-17)19(23)16-11-25-18(21-16)6-7-20;/h4-5,8,11,14,17H,6-7,9-10,20H2,1-3H3;1H. The number of carbonyl (C=O) groups excluding carboxylic acids is 1. The van der Waals surface area contributed by atoms with Gasteiger partial charge in [0.15, 0.2) is 0 Å². The Morgan fingerprint density at radius 1 is 1.42 bits per heavy atom. The van der Waals surface area contributed by atoms with Crippen molar-refractivity contribution in [1.82, 2.24) is 9.88 Å². The summed E-state index contributed by atoms with van der Waals surface area (Å²) in [4.78, 5) is 19.3. The number of morpholine rings is 1. The molecule has 0 bridgehead atoms. The van der Waals surface area contributed by atoms with Crippen molar-refractivity contribution in [3.8, 4) is 0 Å². The van der Waals surface area contributed by atoms with Crippen LogP contribution >= 0.6 is 23.7 Å². The van der Waals surface area contributed by atoms with E-state index >= 15 is 0 Å². The number of nitrogens with two attached hydrogens (primary N) is 1. The van der Waals surface area contributed by atoms with Crippen molar-refractivity contribution in [3.05, 3.63) is 51.0 Å². The maximum absolute atomic E-state index is 12.9. The van der Waals surface area contributed by atoms with Gasteiger partial charge in [-0.05, 0) is 38.4 Å². The largest absolute Gasteiger partial charge is 0.370 e. The van der Waals surface area contributed by atoms with Crippen molar-refractivity contribution in [2.75, 3.05) is 19.7 Å². The highest BCUT2D eigenvalue weighted by Gasteiger charge is 2.32. The summed E-state index contributed by atoms with van der Waals surface area (Å²) in [5.74, 6) is -0.0226. The number of thiazole rings is 1. The number of halogens is 1. The predicted octanol–water partition coefficient (Wildman–Crippen LogP) is 3.29. The van der Waals surface area contributed by atoms with Crippen molar-refractivity contribution < 1.29 is 9.53 Å². The van der Waals surface area contributed by atoms with Crippen molar-refractivity contribution in [2.24, 2.45) is 5.73 Å². The van der Waals surface area contributed by atoms with Crippen LogP contribution in [0.5, 0.6) is 0 Å². The van der Waals surface area contributed by atoms with Crippen LogP contribution in [0, 0.1) is 13.8 Å². The molecule has 2 N–H and O–H groups in total. The normalized spacial score (nSPS) is 19.9. The molecule has 2 atom stereocenters. The van der Waals surface area contributed by atoms with E-state index in [2.05, 4.69) is 37.0 Å². The molecule has 1 amide bonds. The molecule has 0 radical (unpaired) electrons. The van der Waals surface area contributed by atoms with Gasteiger partial charge in [0.2, 0.25) is 0 Å². The summed E-state index contributed by atoms with van der Waals surface area (Å²) in [6, 6.07) is 6.40. The Morgan fingerprint density at radius 3 is 2.92 bits per heavy atom. The Bertz CT molecular complexity index is 765. The van der Waals surface area contributed by atoms with Gasteiger partial charge in [-0.3, -0.25) is 4.79 Å². The second-order valence-electron chi connectivity index (χ2n) is 6.65. The Balaban J connectivity index is 0.00000243. The Hall–Kier alpha value is -1.47. The van der Waals surface area contributed by atoms with Crippen molar-refractivity contribution in [3.63, 3.8) is 0 Å². The van der Waals surface area contributed by atoms with Crippen LogP contribution in [0.4, 0.5) is 0 Å². The summed E-state index contributed by atoms with van der Waals surface area (Å²) >= 11 is 1.50. The van der Waals surface area contributed by atoms with E-state index in [1.54, 1.807) is 0 Å². The molecule has 1 aromatic carbocycles. The van der Waals surface area contributed by atoms with Gasteiger partial charge < -0.3 is 15.4 Å². The second-order valence-corrected chi connectivity index (χ2v) is 7.60. The number of aromatic nitrogens is 1. The Kier molecular flexibility index (Phi) is 7.17. The smallest absolute Gasteiger partial charge is 0.273 e. The lowest BCUT2D eigenvalue weighted by Gasteiger charge is -2.38. The van der Waals surface area contributed by atoms with Crippen LogP contribution in [0.1, 0.15) is 45.2 Å². The minimum atomic E-state index is -0.0952. The van der Waals surface area contributed by atoms with Crippen molar-refractivity contribution in [1.29, 1.82) is 0 Å². The van der Waals surface area contributed by atoms with E-state index in [1.165, 1.54) is 22.5 Å². The summed E-state index contributed by atoms with van der Waals surface area (Å²) in [6.07, 6.45) is 0.615. The van der Waals surface area contributed by atoms with Crippen LogP contribution in [0.15, 0.2) is 23.6 Å². The Labute approximate surface area is 165 Å². The molecular formula is C19H26ClN3O2S. The van der Waals surface area contributed by atoms with Gasteiger partial charge in [0, 0.05) is 11.8 Å². The first-order valence-electron chi connectivity index (χ1n) is 8.63. The maximum atomic E-state index is 12.9. The molecule has 7 heteroatoms. The summed E-state index contributed by atoms with van der Waals surface area (Å²) in [5, 5.41) is 2.75. The lowest BCUT2D eigenvalue weighted by atomic mass is 9.98. The number of nitrogens with zero attached hydrogens (tertiary/aromatic N) is 2. The van der Waals surface area contributed by atoms with Crippen LogP contribution in [-0.4, -0.2) is 41.5 Å². The van der Waals surface area contributed by atoms with E-state index < -0.39 is 0 Å². The third-order valence-corrected chi connectivity index (χ3v) is 5.51. The average molecular weight is 396 g/mol. The topological polar surface area (TPSA) is 68.5 Å². The summed E-state index contributed by atoms with van der Waals surface area (Å²) < 4.78 is 6.04. The lowest BCUT2D eigenvalue weighted by Crippen LogP contribution is -2.48. The van der Waals surface area contributed by atoms with Gasteiger partial charge in [-0.25, -0.2) is 4.98 Å². The molecule has 1 aliphatic heterocycles. The molecule has 0 spiro atoms. The Morgan fingerprint density at radius 2 is 2.19 bits per heavy atom. The number of carbonyl (C=O) groups is 1. The van der Waals surface area contributed by atoms with Crippen LogP contribution in [0.25, 0.3) is 0 Å². The van der Waals surface area contributed by atoms with Crippen LogP contribution in [0.3, 0.4) is 0 Å². The number of hydrogen-bond donors (Lipinski definition) is 1. The average Bonchev–Trinajstić information content (AvgIpc) is 3.06. The predicted molar refractivity (Wildman–Crippen MR) is 107 cm³/mol. The number of ether oxygens (including phenoxy) is 1. The first kappa shape index (κ1) is 20.8. The molecule has 1 fully saturated rings. The van der Waals surface area contributed by atoms with Gasteiger partial charge in [0.25, 0.3) is 5.91 Å². The van der Waals surface area contributed by atoms with E-state index in [1.807, 2.05) is 17.2 Å². The number of benzene rings is 1. The van der Waals surface area contributed by atoms with E-state index in [0.29, 0.717) is 31.8 Å². The van der Waals surface area contributed by atoms with Gasteiger partial charge in [-0.1, -0.05) is 23.8 Å². The molecule has 2 aromatic rings. The second kappa shape index (κ2) is 8.95. The van der Waals surface area contributed by atoms with Crippen molar-refractivity contribution >= 4 is 29.7 Å². The van der Waals surface area contributed by atoms with E-state index in [0.717, 1.165) is 10.6 Å². The number of amides is 1. The molecule has 26 heavy (non-hydrogen) atoms. The number of rotatable bonds is 4. The van der Waals surface area contributed by atoms with E-state index in [4.69, 9.17) is 10.5 Å². The van der Waals surface area contributed by atoms with Gasteiger partial charge in [0.05, 0.1) is 24.2 Å². The third kappa shape index (κ3) is 4.43. The lowest BCUT2D eigenvalue weighted by molar-refractivity contribution is -0.0490. The molecular weight excluding hydrogens is 370 g/mol. The van der Waals surface area contributed by atoms with Crippen LogP contribution in [-0.2, 0) is 11.2 Å². The molecule has 0 saturated carbocycles. The van der Waals surface area contributed by atoms with Gasteiger partial charge >= 0.3 is 0 Å². The highest BCUT2D eigenvalue weighted by atomic mass is 35.5. The fraction of sp³-hybridized carbons (Fsp3) is 0.474. The molecule has 2 unspecified atom stereocenters. The minimum Gasteiger partial charge on any atom is -0.370 e. The highest BCUT2D eigenvalue weighted by molar-refractivity contribution is 7.09. The van der Waals surface area contributed by atoms with Crippen LogP contribution in [0.2, 0.25) is 0 Å². The third-order valence-electron chi connectivity index (χ3n) is 4.60. The van der Waals surface area contributed by atoms with Crippen LogP contribution < -0.4 is 5.73 Å². The molecule has 3 rings (SSSR count). The summed E-state index contributed by atoms with van der Waals surface area (Å²) in [5.41, 5.74) is 9.64. The minimum absolute atomic E-state index is 0. The van der Waals surface area contributed by atoms with Gasteiger partial charge in [-0.2, -0.15) is 0 Å². The summed E-state index contributed by atoms with van der Waals surface area (Å²) in [6.45, 7) is 7.80. The summed E-state index contributed by atoms with van der Waals surface area (Å²) in [7, 11) is 0. The maximum Gasteiger partial charge on any atom is 0.273 e. The van der Waals surface area contributed by atoms with Crippen molar-refractivity contribution in [2.45, 2.75) is 39.3 Å². The quantitative estimate of drug-likeness (QED) is 0.862. The fourth-order valence-electron chi connectivity index (χ4n) is 3.13. The zero-order valence-corrected chi connectivity index (χ0v) is 17.0. The highest BCUT2D eigenvalue weighted by Crippen LogP contribution is 2.29. The molecule has 5 nitrogen and oxygen atoms in total. The first-order valence-corrected chi connectivity index (χ1v) is 9.51. The molecule has 1 saturated heterocycles. The monoisotopic (exact) mass is 395 g/mol. The van der Waals surface area contributed by atoms with E-state index in [9.17, 15) is 4.79 Å². The number of hydrogen-bond acceptors (Lipinski definition) is 5. The molecule has 142 valence electrons. The number of aryl methyl sites for hydroxylation is 2. The molecule has 1 aliphatic rings. The molecule has 1 aromatic heterocycles. The zero-order chi connectivity index (χ0) is 18.0. The molecule has 0 aliphatic carbocycles. The van der Waals surface area contributed by atoms with E-state index in [-0.39, 0.29) is 30.5 Å². The SMILES string of the molecule is Cc1ccc(C)c(C2CN(C(=O)c3csc(CCN)n3)C(C)CO2)c1.Cl. The zero-order valence-electron chi connectivity index (χ0n) is 15.4. The fourth-order valence-corrected chi connectivity index (χ4v) is 3.92. The first-order chi connectivity index (χ1) is 12.0. The van der Waals surface area contributed by atoms with Gasteiger partial charge in [-0.15, -0.1) is 23.7 Å².